The van der Waals surface area contributed by atoms with Crippen molar-refractivity contribution in [2.24, 2.45) is 0 Å². The molecule has 0 saturated carbocycles. The summed E-state index contributed by atoms with van der Waals surface area (Å²) in [7, 11) is 0. The van der Waals surface area contributed by atoms with Crippen LogP contribution >= 0.6 is 0 Å². The summed E-state index contributed by atoms with van der Waals surface area (Å²) in [6.07, 6.45) is -2.94. The summed E-state index contributed by atoms with van der Waals surface area (Å²) >= 11 is 0. The second kappa shape index (κ2) is 5.79. The van der Waals surface area contributed by atoms with E-state index in [2.05, 4.69) is 0 Å². The van der Waals surface area contributed by atoms with Gasteiger partial charge >= 0.3 is 6.18 Å². The molecule has 2 rings (SSSR count). The Morgan fingerprint density at radius 1 is 1.37 bits per heavy atom. The van der Waals surface area contributed by atoms with Crippen LogP contribution in [0.25, 0.3) is 0 Å². The van der Waals surface area contributed by atoms with E-state index in [1.165, 1.54) is 12.1 Å². The molecule has 0 radical (unpaired) electrons. The lowest BCUT2D eigenvalue weighted by atomic mass is 10.1. The van der Waals surface area contributed by atoms with Gasteiger partial charge in [-0.2, -0.15) is 13.2 Å². The monoisotopic (exact) mass is 276 g/mol. The molecule has 1 aromatic rings. The Kier molecular flexibility index (Phi) is 4.31. The second-order valence-electron chi connectivity index (χ2n) is 4.43. The van der Waals surface area contributed by atoms with Crippen LogP contribution in [-0.4, -0.2) is 24.4 Å². The van der Waals surface area contributed by atoms with Gasteiger partial charge in [0.05, 0.1) is 18.3 Å². The van der Waals surface area contributed by atoms with Gasteiger partial charge < -0.3 is 14.6 Å². The lowest BCUT2D eigenvalue weighted by Gasteiger charge is -2.17. The maximum absolute atomic E-state index is 12.9. The molecule has 0 amide bonds. The molecule has 3 nitrogen and oxygen atoms in total. The van der Waals surface area contributed by atoms with E-state index in [-0.39, 0.29) is 24.0 Å². The molecule has 1 saturated heterocycles. The van der Waals surface area contributed by atoms with Gasteiger partial charge in [-0.15, -0.1) is 0 Å². The van der Waals surface area contributed by atoms with Gasteiger partial charge in [0.2, 0.25) is 0 Å². The van der Waals surface area contributed by atoms with Crippen LogP contribution < -0.4 is 4.74 Å². The van der Waals surface area contributed by atoms with Crippen molar-refractivity contribution in [3.63, 3.8) is 0 Å². The van der Waals surface area contributed by atoms with Crippen molar-refractivity contribution in [1.82, 2.24) is 0 Å². The van der Waals surface area contributed by atoms with Gasteiger partial charge in [-0.3, -0.25) is 0 Å². The van der Waals surface area contributed by atoms with Crippen LogP contribution in [-0.2, 0) is 17.5 Å². The lowest BCUT2D eigenvalue weighted by Crippen LogP contribution is -2.18. The minimum Gasteiger partial charge on any atom is -0.490 e. The van der Waals surface area contributed by atoms with Gasteiger partial charge in [0, 0.05) is 6.61 Å². The summed E-state index contributed by atoms with van der Waals surface area (Å²) < 4.78 is 49.1. The SMILES string of the molecule is OCc1ccc(OCC2CCCO2)c(C(F)(F)F)c1. The third-order valence-electron chi connectivity index (χ3n) is 2.98. The minimum atomic E-state index is -4.50. The Morgan fingerprint density at radius 2 is 2.16 bits per heavy atom. The first-order valence-electron chi connectivity index (χ1n) is 6.06. The van der Waals surface area contributed by atoms with Crippen molar-refractivity contribution in [3.05, 3.63) is 29.3 Å². The molecular formula is C13H15F3O3. The Hall–Kier alpha value is -1.27. The molecule has 0 aromatic heterocycles. The molecule has 1 aliphatic rings. The van der Waals surface area contributed by atoms with Gasteiger partial charge in [-0.1, -0.05) is 6.07 Å². The van der Waals surface area contributed by atoms with Crippen molar-refractivity contribution in [2.45, 2.75) is 31.7 Å². The molecule has 1 aromatic carbocycles. The number of ether oxygens (including phenoxy) is 2. The number of alkyl halides is 3. The fourth-order valence-electron chi connectivity index (χ4n) is 1.98. The molecule has 1 fully saturated rings. The first-order valence-corrected chi connectivity index (χ1v) is 6.06. The van der Waals surface area contributed by atoms with E-state index in [4.69, 9.17) is 14.6 Å². The molecule has 1 aliphatic heterocycles. The van der Waals surface area contributed by atoms with E-state index < -0.39 is 18.3 Å². The van der Waals surface area contributed by atoms with Gasteiger partial charge in [0.15, 0.2) is 0 Å². The quantitative estimate of drug-likeness (QED) is 0.919. The molecule has 0 aliphatic carbocycles. The standard InChI is InChI=1S/C13H15F3O3/c14-13(15,16)11-6-9(7-17)3-4-12(11)19-8-10-2-1-5-18-10/h3-4,6,10,17H,1-2,5,7-8H2. The van der Waals surface area contributed by atoms with Crippen LogP contribution in [0.4, 0.5) is 13.2 Å². The highest BCUT2D eigenvalue weighted by atomic mass is 19.4. The first kappa shape index (κ1) is 14.1. The van der Waals surface area contributed by atoms with E-state index in [0.29, 0.717) is 6.61 Å². The Bertz CT molecular complexity index is 426. The maximum Gasteiger partial charge on any atom is 0.419 e. The summed E-state index contributed by atoms with van der Waals surface area (Å²) in [6.45, 7) is 0.306. The van der Waals surface area contributed by atoms with E-state index in [9.17, 15) is 13.2 Å². The summed E-state index contributed by atoms with van der Waals surface area (Å²) in [5.74, 6) is -0.222. The van der Waals surface area contributed by atoms with E-state index in [1.54, 1.807) is 0 Å². The van der Waals surface area contributed by atoms with Crippen LogP contribution in [0.5, 0.6) is 5.75 Å². The summed E-state index contributed by atoms with van der Waals surface area (Å²) in [4.78, 5) is 0. The largest absolute Gasteiger partial charge is 0.490 e. The third kappa shape index (κ3) is 3.61. The van der Waals surface area contributed by atoms with Gasteiger partial charge in [0.25, 0.3) is 0 Å². The Labute approximate surface area is 108 Å². The van der Waals surface area contributed by atoms with Crippen molar-refractivity contribution < 1.29 is 27.8 Å². The fraction of sp³-hybridized carbons (Fsp3) is 0.538. The highest BCUT2D eigenvalue weighted by molar-refractivity contribution is 5.39. The fourth-order valence-corrected chi connectivity index (χ4v) is 1.98. The predicted molar refractivity (Wildman–Crippen MR) is 61.8 cm³/mol. The summed E-state index contributed by atoms with van der Waals surface area (Å²) in [5, 5.41) is 8.89. The van der Waals surface area contributed by atoms with Crippen LogP contribution in [0.15, 0.2) is 18.2 Å². The molecule has 1 heterocycles. The maximum atomic E-state index is 12.9. The van der Waals surface area contributed by atoms with E-state index in [1.807, 2.05) is 0 Å². The zero-order valence-corrected chi connectivity index (χ0v) is 10.2. The van der Waals surface area contributed by atoms with Crippen LogP contribution in [0.3, 0.4) is 0 Å². The molecule has 106 valence electrons. The molecule has 0 spiro atoms. The molecule has 1 atom stereocenters. The predicted octanol–water partition coefficient (Wildman–Crippen LogP) is 2.76. The van der Waals surface area contributed by atoms with Crippen LogP contribution in [0.2, 0.25) is 0 Å². The first-order chi connectivity index (χ1) is 9.00. The van der Waals surface area contributed by atoms with Crippen molar-refractivity contribution in [2.75, 3.05) is 13.2 Å². The minimum absolute atomic E-state index is 0.113. The number of halogens is 3. The number of aliphatic hydroxyl groups excluding tert-OH is 1. The summed E-state index contributed by atoms with van der Waals surface area (Å²) in [5.41, 5.74) is -0.658. The van der Waals surface area contributed by atoms with Crippen LogP contribution in [0.1, 0.15) is 24.0 Å². The van der Waals surface area contributed by atoms with Crippen LogP contribution in [0, 0.1) is 0 Å². The molecule has 1 N–H and O–H groups in total. The third-order valence-corrected chi connectivity index (χ3v) is 2.98. The number of benzene rings is 1. The molecule has 19 heavy (non-hydrogen) atoms. The number of hydrogen-bond acceptors (Lipinski definition) is 3. The van der Waals surface area contributed by atoms with Crippen molar-refractivity contribution in [3.8, 4) is 5.75 Å². The van der Waals surface area contributed by atoms with Gasteiger partial charge in [-0.25, -0.2) is 0 Å². The highest BCUT2D eigenvalue weighted by Crippen LogP contribution is 2.37. The number of aliphatic hydroxyl groups is 1. The average molecular weight is 276 g/mol. The summed E-state index contributed by atoms with van der Waals surface area (Å²) in [6, 6.07) is 3.56. The van der Waals surface area contributed by atoms with Gasteiger partial charge in [-0.05, 0) is 30.5 Å². The zero-order valence-electron chi connectivity index (χ0n) is 10.2. The Morgan fingerprint density at radius 3 is 2.74 bits per heavy atom. The lowest BCUT2D eigenvalue weighted by molar-refractivity contribution is -0.139. The van der Waals surface area contributed by atoms with E-state index in [0.717, 1.165) is 18.9 Å². The van der Waals surface area contributed by atoms with Gasteiger partial charge in [0.1, 0.15) is 12.4 Å². The topological polar surface area (TPSA) is 38.7 Å². The Balaban J connectivity index is 2.13. The molecule has 1 unspecified atom stereocenters. The number of hydrogen-bond donors (Lipinski definition) is 1. The molecule has 6 heteroatoms. The van der Waals surface area contributed by atoms with Crippen molar-refractivity contribution >= 4 is 0 Å². The average Bonchev–Trinajstić information content (AvgIpc) is 2.88. The second-order valence-corrected chi connectivity index (χ2v) is 4.43. The molecule has 0 bridgehead atoms. The zero-order chi connectivity index (χ0) is 13.9. The van der Waals surface area contributed by atoms with Crippen molar-refractivity contribution in [1.29, 1.82) is 0 Å². The normalized spacial score (nSPS) is 19.7. The smallest absolute Gasteiger partial charge is 0.419 e. The number of rotatable bonds is 4. The highest BCUT2D eigenvalue weighted by Gasteiger charge is 2.35. The molecular weight excluding hydrogens is 261 g/mol. The van der Waals surface area contributed by atoms with E-state index >= 15 is 0 Å².